The number of nitrogen functional groups attached to an aromatic ring is 1. The molecule has 6 nitrogen and oxygen atoms in total. The third-order valence-corrected chi connectivity index (χ3v) is 5.18. The van der Waals surface area contributed by atoms with Crippen molar-refractivity contribution in [1.29, 1.82) is 0 Å². The number of hydrogen-bond acceptors (Lipinski definition) is 5. The Morgan fingerprint density at radius 2 is 1.72 bits per heavy atom. The number of aromatic nitrogens is 3. The summed E-state index contributed by atoms with van der Waals surface area (Å²) in [5.74, 6) is 1.99. The fraction of sp³-hybridized carbons (Fsp3) is 0.130. The monoisotopic (exact) mass is 384 g/mol. The van der Waals surface area contributed by atoms with Gasteiger partial charge in [-0.25, -0.2) is 9.97 Å². The van der Waals surface area contributed by atoms with Crippen LogP contribution in [0.1, 0.15) is 12.5 Å². The molecule has 29 heavy (non-hydrogen) atoms. The smallest absolute Gasteiger partial charge is 0.146 e. The Balaban J connectivity index is 1.54. The minimum absolute atomic E-state index is 0.0382. The van der Waals surface area contributed by atoms with Crippen LogP contribution in [-0.4, -0.2) is 25.7 Å². The molecule has 1 aliphatic carbocycles. The summed E-state index contributed by atoms with van der Waals surface area (Å²) in [6.07, 6.45) is 7.52. The molecule has 0 saturated carbocycles. The van der Waals surface area contributed by atoms with Gasteiger partial charge in [0.1, 0.15) is 29.3 Å². The van der Waals surface area contributed by atoms with Crippen molar-refractivity contribution < 1.29 is 9.84 Å². The molecule has 2 aromatic heterocycles. The second-order valence-electron chi connectivity index (χ2n) is 7.10. The van der Waals surface area contributed by atoms with Crippen LogP contribution in [0.5, 0.6) is 11.5 Å². The number of rotatable bonds is 4. The molecule has 2 aromatic carbocycles. The summed E-state index contributed by atoms with van der Waals surface area (Å²) in [4.78, 5) is 8.65. The average Bonchev–Trinajstić information content (AvgIpc) is 3.34. The lowest BCUT2D eigenvalue weighted by Crippen LogP contribution is -2.08. The molecule has 0 bridgehead atoms. The number of ether oxygens (including phenoxy) is 1. The van der Waals surface area contributed by atoms with Crippen LogP contribution in [0.25, 0.3) is 22.2 Å². The number of para-hydroxylation sites is 1. The summed E-state index contributed by atoms with van der Waals surface area (Å²) in [5.41, 5.74) is 8.93. The molecule has 144 valence electrons. The lowest BCUT2D eigenvalue weighted by molar-refractivity contribution is 0.211. The molecular weight excluding hydrogens is 364 g/mol. The van der Waals surface area contributed by atoms with Crippen molar-refractivity contribution in [2.45, 2.75) is 18.6 Å². The minimum Gasteiger partial charge on any atom is -0.457 e. The van der Waals surface area contributed by atoms with E-state index >= 15 is 0 Å². The molecule has 1 aliphatic rings. The fourth-order valence-corrected chi connectivity index (χ4v) is 3.77. The quantitative estimate of drug-likeness (QED) is 0.511. The normalized spacial score (nSPS) is 18.4. The van der Waals surface area contributed by atoms with E-state index in [9.17, 15) is 5.11 Å². The number of benzene rings is 2. The maximum absolute atomic E-state index is 9.89. The Labute approximate surface area is 167 Å². The van der Waals surface area contributed by atoms with E-state index in [1.807, 2.05) is 72.9 Å². The number of nitrogens with zero attached hydrogens (tertiary/aromatic N) is 3. The Morgan fingerprint density at radius 1 is 0.966 bits per heavy atom. The zero-order valence-corrected chi connectivity index (χ0v) is 15.6. The van der Waals surface area contributed by atoms with Gasteiger partial charge in [0, 0.05) is 18.2 Å². The predicted molar refractivity (Wildman–Crippen MR) is 113 cm³/mol. The minimum atomic E-state index is -0.436. The lowest BCUT2D eigenvalue weighted by Gasteiger charge is -2.12. The maximum atomic E-state index is 9.89. The number of aliphatic hydroxyl groups is 1. The summed E-state index contributed by atoms with van der Waals surface area (Å²) < 4.78 is 7.95. The highest BCUT2D eigenvalue weighted by Crippen LogP contribution is 2.37. The average molecular weight is 384 g/mol. The van der Waals surface area contributed by atoms with E-state index in [-0.39, 0.29) is 6.04 Å². The molecule has 0 amide bonds. The predicted octanol–water partition coefficient (Wildman–Crippen LogP) is 4.33. The van der Waals surface area contributed by atoms with E-state index in [4.69, 9.17) is 10.5 Å². The molecule has 0 fully saturated rings. The van der Waals surface area contributed by atoms with Crippen LogP contribution < -0.4 is 10.5 Å². The van der Waals surface area contributed by atoms with Gasteiger partial charge >= 0.3 is 0 Å². The molecule has 0 saturated heterocycles. The first-order valence-electron chi connectivity index (χ1n) is 9.50. The van der Waals surface area contributed by atoms with Crippen molar-refractivity contribution in [2.75, 3.05) is 5.73 Å². The molecule has 2 heterocycles. The second kappa shape index (κ2) is 7.07. The highest BCUT2D eigenvalue weighted by molar-refractivity contribution is 6.00. The van der Waals surface area contributed by atoms with E-state index in [1.54, 1.807) is 0 Å². The molecule has 2 atom stereocenters. The molecule has 5 rings (SSSR count). The first-order chi connectivity index (χ1) is 14.2. The van der Waals surface area contributed by atoms with Crippen LogP contribution in [0.2, 0.25) is 0 Å². The number of anilines is 1. The van der Waals surface area contributed by atoms with Crippen LogP contribution in [0.15, 0.2) is 79.3 Å². The molecule has 6 heteroatoms. The van der Waals surface area contributed by atoms with Crippen LogP contribution in [0.3, 0.4) is 0 Å². The van der Waals surface area contributed by atoms with E-state index in [0.717, 1.165) is 33.7 Å². The molecule has 2 unspecified atom stereocenters. The largest absolute Gasteiger partial charge is 0.457 e. The molecule has 0 radical (unpaired) electrons. The van der Waals surface area contributed by atoms with E-state index in [2.05, 4.69) is 14.5 Å². The Bertz CT molecular complexity index is 1180. The number of aliphatic hydroxyl groups excluding tert-OH is 1. The van der Waals surface area contributed by atoms with Gasteiger partial charge in [0.2, 0.25) is 0 Å². The van der Waals surface area contributed by atoms with Crippen molar-refractivity contribution in [2.24, 2.45) is 0 Å². The van der Waals surface area contributed by atoms with Crippen molar-refractivity contribution in [3.05, 3.63) is 79.3 Å². The fourth-order valence-electron chi connectivity index (χ4n) is 3.77. The molecule has 4 aromatic rings. The topological polar surface area (TPSA) is 86.2 Å². The SMILES string of the molecule is Nc1ncnc2c1c(-c1ccc(Oc3ccccc3)cc1)cn2C1C=CC(O)C1. The highest BCUT2D eigenvalue weighted by atomic mass is 16.5. The van der Waals surface area contributed by atoms with Crippen LogP contribution in [0.4, 0.5) is 5.82 Å². The number of nitrogens with two attached hydrogens (primary N) is 1. The van der Waals surface area contributed by atoms with Gasteiger partial charge in [0.15, 0.2) is 0 Å². The number of allylic oxidation sites excluding steroid dienone is 1. The van der Waals surface area contributed by atoms with Gasteiger partial charge in [-0.3, -0.25) is 0 Å². The zero-order chi connectivity index (χ0) is 19.8. The third-order valence-electron chi connectivity index (χ3n) is 5.18. The Morgan fingerprint density at radius 3 is 2.45 bits per heavy atom. The molecular formula is C23H20N4O2. The van der Waals surface area contributed by atoms with Gasteiger partial charge in [0.25, 0.3) is 0 Å². The summed E-state index contributed by atoms with van der Waals surface area (Å²) in [7, 11) is 0. The van der Waals surface area contributed by atoms with Crippen molar-refractivity contribution >= 4 is 16.9 Å². The van der Waals surface area contributed by atoms with Gasteiger partial charge < -0.3 is 20.1 Å². The van der Waals surface area contributed by atoms with Gasteiger partial charge in [-0.15, -0.1) is 0 Å². The van der Waals surface area contributed by atoms with Crippen molar-refractivity contribution in [1.82, 2.24) is 14.5 Å². The number of hydrogen-bond donors (Lipinski definition) is 2. The maximum Gasteiger partial charge on any atom is 0.146 e. The molecule has 3 N–H and O–H groups in total. The van der Waals surface area contributed by atoms with Gasteiger partial charge in [-0.1, -0.05) is 42.5 Å². The Hall–Kier alpha value is -3.64. The highest BCUT2D eigenvalue weighted by Gasteiger charge is 2.23. The Kier molecular flexibility index (Phi) is 4.26. The summed E-state index contributed by atoms with van der Waals surface area (Å²) in [6.45, 7) is 0. The second-order valence-corrected chi connectivity index (χ2v) is 7.10. The molecule has 0 aliphatic heterocycles. The summed E-state index contributed by atoms with van der Waals surface area (Å²) in [6, 6.07) is 17.6. The van der Waals surface area contributed by atoms with Crippen molar-refractivity contribution in [3.8, 4) is 22.6 Å². The third kappa shape index (κ3) is 3.23. The lowest BCUT2D eigenvalue weighted by atomic mass is 10.1. The first-order valence-corrected chi connectivity index (χ1v) is 9.50. The van der Waals surface area contributed by atoms with Crippen LogP contribution in [0, 0.1) is 0 Å². The van der Waals surface area contributed by atoms with Crippen molar-refractivity contribution in [3.63, 3.8) is 0 Å². The van der Waals surface area contributed by atoms with E-state index in [1.165, 1.54) is 6.33 Å². The standard InChI is InChI=1S/C23H20N4O2/c24-22-21-20(13-27(23(21)26-14-25-22)16-8-9-17(28)12-16)15-6-10-19(11-7-15)29-18-4-2-1-3-5-18/h1-11,13-14,16-17,28H,12H2,(H2,24,25,26). The van der Waals surface area contributed by atoms with Crippen LogP contribution >= 0.6 is 0 Å². The number of fused-ring (bicyclic) bond motifs is 1. The summed E-state index contributed by atoms with van der Waals surface area (Å²) in [5, 5.41) is 10.7. The van der Waals surface area contributed by atoms with E-state index < -0.39 is 6.10 Å². The first kappa shape index (κ1) is 17.5. The molecule has 0 spiro atoms. The van der Waals surface area contributed by atoms with Crippen LogP contribution in [-0.2, 0) is 0 Å². The zero-order valence-electron chi connectivity index (χ0n) is 15.6. The van der Waals surface area contributed by atoms with Gasteiger partial charge in [-0.05, 0) is 29.8 Å². The van der Waals surface area contributed by atoms with Gasteiger partial charge in [0.05, 0.1) is 17.5 Å². The summed E-state index contributed by atoms with van der Waals surface area (Å²) >= 11 is 0. The van der Waals surface area contributed by atoms with E-state index in [0.29, 0.717) is 12.2 Å². The van der Waals surface area contributed by atoms with Gasteiger partial charge in [-0.2, -0.15) is 0 Å².